The van der Waals surface area contributed by atoms with Crippen molar-refractivity contribution in [3.05, 3.63) is 41.5 Å². The van der Waals surface area contributed by atoms with Crippen LogP contribution in [0.1, 0.15) is 56.6 Å². The fourth-order valence-corrected chi connectivity index (χ4v) is 6.14. The van der Waals surface area contributed by atoms with Gasteiger partial charge in [-0.05, 0) is 91.4 Å². The predicted octanol–water partition coefficient (Wildman–Crippen LogP) is 4.41. The van der Waals surface area contributed by atoms with Crippen molar-refractivity contribution >= 4 is 0 Å². The van der Waals surface area contributed by atoms with Gasteiger partial charge >= 0.3 is 0 Å². The highest BCUT2D eigenvalue weighted by Gasteiger charge is 2.54. The van der Waals surface area contributed by atoms with Crippen LogP contribution in [0.3, 0.4) is 0 Å². The zero-order chi connectivity index (χ0) is 16.2. The van der Waals surface area contributed by atoms with E-state index >= 15 is 0 Å². The van der Waals surface area contributed by atoms with E-state index in [0.29, 0.717) is 34.8 Å². The van der Waals surface area contributed by atoms with Crippen molar-refractivity contribution in [3.63, 3.8) is 0 Å². The minimum Gasteiger partial charge on any atom is -0.508 e. The van der Waals surface area contributed by atoms with E-state index in [1.807, 2.05) is 12.1 Å². The quantitative estimate of drug-likeness (QED) is 0.754. The van der Waals surface area contributed by atoms with Gasteiger partial charge < -0.3 is 10.2 Å². The van der Waals surface area contributed by atoms with Crippen molar-refractivity contribution in [2.75, 3.05) is 0 Å². The third-order valence-corrected chi connectivity index (χ3v) is 6.99. The highest BCUT2D eigenvalue weighted by Crippen LogP contribution is 2.62. The average molecular weight is 312 g/mol. The number of fused-ring (bicyclic) bond motifs is 5. The van der Waals surface area contributed by atoms with Crippen LogP contribution >= 0.6 is 0 Å². The summed E-state index contributed by atoms with van der Waals surface area (Å²) in [4.78, 5) is 0. The van der Waals surface area contributed by atoms with E-state index in [1.54, 1.807) is 0 Å². The van der Waals surface area contributed by atoms with Crippen molar-refractivity contribution in [3.8, 4) is 5.75 Å². The maximum atomic E-state index is 10.3. The van der Waals surface area contributed by atoms with E-state index in [0.717, 1.165) is 19.3 Å². The Balaban J connectivity index is 1.79. The summed E-state index contributed by atoms with van der Waals surface area (Å²) >= 11 is 0. The molecule has 0 saturated heterocycles. The Hall–Kier alpha value is -1.28. The van der Waals surface area contributed by atoms with Crippen molar-refractivity contribution in [1.29, 1.82) is 0 Å². The van der Waals surface area contributed by atoms with Crippen LogP contribution in [0.2, 0.25) is 0 Å². The molecule has 1 aromatic carbocycles. The zero-order valence-electron chi connectivity index (χ0n) is 14.2. The maximum Gasteiger partial charge on any atom is 0.115 e. The molecule has 0 aliphatic heterocycles. The molecule has 0 aromatic heterocycles. The lowest BCUT2D eigenvalue weighted by molar-refractivity contribution is 0.0391. The minimum absolute atomic E-state index is 0.115. The molecule has 0 spiro atoms. The summed E-state index contributed by atoms with van der Waals surface area (Å²) in [5.74, 6) is 2.77. The van der Waals surface area contributed by atoms with Crippen molar-refractivity contribution in [1.82, 2.24) is 0 Å². The average Bonchev–Trinajstić information content (AvgIpc) is 2.81. The third-order valence-electron chi connectivity index (χ3n) is 6.99. The lowest BCUT2D eigenvalue weighted by atomic mass is 9.53. The molecule has 0 heterocycles. The van der Waals surface area contributed by atoms with E-state index in [2.05, 4.69) is 32.1 Å². The summed E-state index contributed by atoms with van der Waals surface area (Å²) in [6.07, 6.45) is 9.86. The SMILES string of the molecule is CC=C[C@@H]1Cc2cc(O)ccc2[C@H]2CC[C@]3(C)C[C@H](O)C[C@H]3[C@H]12. The van der Waals surface area contributed by atoms with Gasteiger partial charge in [0.25, 0.3) is 0 Å². The molecule has 4 rings (SSSR count). The van der Waals surface area contributed by atoms with Crippen molar-refractivity contribution in [2.24, 2.45) is 23.2 Å². The van der Waals surface area contributed by atoms with Gasteiger partial charge in [0.2, 0.25) is 0 Å². The Morgan fingerprint density at radius 2 is 2.13 bits per heavy atom. The number of hydrogen-bond acceptors (Lipinski definition) is 2. The summed E-state index contributed by atoms with van der Waals surface area (Å²) < 4.78 is 0. The third kappa shape index (κ3) is 2.34. The van der Waals surface area contributed by atoms with E-state index in [4.69, 9.17) is 0 Å². The number of phenolic OH excluding ortho intramolecular Hbond substituents is 1. The summed E-state index contributed by atoms with van der Waals surface area (Å²) in [6, 6.07) is 5.98. The van der Waals surface area contributed by atoms with E-state index in [-0.39, 0.29) is 6.10 Å². The molecule has 0 radical (unpaired) electrons. The van der Waals surface area contributed by atoms with Gasteiger partial charge in [-0.15, -0.1) is 0 Å². The van der Waals surface area contributed by atoms with Gasteiger partial charge in [-0.2, -0.15) is 0 Å². The van der Waals surface area contributed by atoms with Crippen molar-refractivity contribution in [2.45, 2.75) is 58.0 Å². The first-order valence-electron chi connectivity index (χ1n) is 9.14. The Morgan fingerprint density at radius 3 is 2.91 bits per heavy atom. The molecule has 3 aliphatic carbocycles. The summed E-state index contributed by atoms with van der Waals surface area (Å²) in [6.45, 7) is 4.52. The molecule has 0 bridgehead atoms. The molecule has 0 unspecified atom stereocenters. The van der Waals surface area contributed by atoms with Crippen LogP contribution in [0, 0.1) is 23.2 Å². The van der Waals surface area contributed by atoms with Crippen LogP contribution in [0.5, 0.6) is 5.75 Å². The summed E-state index contributed by atoms with van der Waals surface area (Å²) in [5, 5.41) is 20.2. The van der Waals surface area contributed by atoms with Gasteiger partial charge in [0.05, 0.1) is 6.10 Å². The first kappa shape index (κ1) is 15.3. The van der Waals surface area contributed by atoms with Crippen LogP contribution in [-0.2, 0) is 6.42 Å². The largest absolute Gasteiger partial charge is 0.508 e. The van der Waals surface area contributed by atoms with Gasteiger partial charge in [0.15, 0.2) is 0 Å². The smallest absolute Gasteiger partial charge is 0.115 e. The lowest BCUT2D eigenvalue weighted by Gasteiger charge is -2.51. The van der Waals surface area contributed by atoms with Gasteiger partial charge in [-0.3, -0.25) is 0 Å². The Labute approximate surface area is 139 Å². The molecule has 2 fully saturated rings. The monoisotopic (exact) mass is 312 g/mol. The minimum atomic E-state index is -0.115. The molecule has 124 valence electrons. The molecule has 2 nitrogen and oxygen atoms in total. The number of hydrogen-bond donors (Lipinski definition) is 2. The van der Waals surface area contributed by atoms with Crippen LogP contribution in [0.4, 0.5) is 0 Å². The molecule has 2 heteroatoms. The number of allylic oxidation sites excluding steroid dienone is 2. The summed E-state index contributed by atoms with van der Waals surface area (Å²) in [5.41, 5.74) is 3.10. The van der Waals surface area contributed by atoms with E-state index in [1.165, 1.54) is 24.0 Å². The van der Waals surface area contributed by atoms with E-state index in [9.17, 15) is 10.2 Å². The highest BCUT2D eigenvalue weighted by molar-refractivity contribution is 5.41. The molecule has 2 saturated carbocycles. The molecular weight excluding hydrogens is 284 g/mol. The lowest BCUT2D eigenvalue weighted by Crippen LogP contribution is -2.43. The highest BCUT2D eigenvalue weighted by atomic mass is 16.3. The predicted molar refractivity (Wildman–Crippen MR) is 92.4 cm³/mol. The summed E-state index contributed by atoms with van der Waals surface area (Å²) in [7, 11) is 0. The second-order valence-corrected chi connectivity index (χ2v) is 8.35. The number of phenols is 1. The van der Waals surface area contributed by atoms with E-state index < -0.39 is 0 Å². The van der Waals surface area contributed by atoms with Crippen molar-refractivity contribution < 1.29 is 10.2 Å². The fourth-order valence-electron chi connectivity index (χ4n) is 6.14. The van der Waals surface area contributed by atoms with Gasteiger partial charge in [0, 0.05) is 0 Å². The normalized spacial score (nSPS) is 42.3. The number of benzene rings is 1. The number of aromatic hydroxyl groups is 1. The van der Waals surface area contributed by atoms with Crippen LogP contribution in [-0.4, -0.2) is 16.3 Å². The van der Waals surface area contributed by atoms with Gasteiger partial charge in [0.1, 0.15) is 5.75 Å². The first-order valence-corrected chi connectivity index (χ1v) is 9.14. The second-order valence-electron chi connectivity index (χ2n) is 8.35. The molecule has 2 N–H and O–H groups in total. The number of aliphatic hydroxyl groups excluding tert-OH is 1. The Morgan fingerprint density at radius 1 is 1.30 bits per heavy atom. The van der Waals surface area contributed by atoms with Crippen LogP contribution in [0.15, 0.2) is 30.4 Å². The Kier molecular flexibility index (Phi) is 3.57. The maximum absolute atomic E-state index is 10.3. The number of rotatable bonds is 1. The Bertz CT molecular complexity index is 635. The van der Waals surface area contributed by atoms with Crippen LogP contribution < -0.4 is 0 Å². The van der Waals surface area contributed by atoms with Gasteiger partial charge in [-0.25, -0.2) is 0 Å². The molecule has 3 aliphatic rings. The zero-order valence-corrected chi connectivity index (χ0v) is 14.2. The molecule has 23 heavy (non-hydrogen) atoms. The standard InChI is InChI=1S/C21H28O2/c1-3-4-13-9-14-10-15(22)5-6-17(14)18-7-8-21(2)12-16(23)11-19(21)20(13)18/h3-6,10,13,16,18-20,22-23H,7-9,11-12H2,1-2H3/t13-,16-,18-,19+,20-,21-/m1/s1. The topological polar surface area (TPSA) is 40.5 Å². The fraction of sp³-hybridized carbons (Fsp3) is 0.619. The second kappa shape index (κ2) is 5.37. The molecular formula is C21H28O2. The number of aliphatic hydroxyl groups is 1. The molecule has 1 aromatic rings. The molecule has 0 amide bonds. The van der Waals surface area contributed by atoms with Crippen LogP contribution in [0.25, 0.3) is 0 Å². The molecule has 6 atom stereocenters. The first-order chi connectivity index (χ1) is 11.0. The van der Waals surface area contributed by atoms with Gasteiger partial charge in [-0.1, -0.05) is 25.1 Å².